The van der Waals surface area contributed by atoms with Crippen LogP contribution < -0.4 is 5.32 Å². The molecule has 96 valence electrons. The minimum absolute atomic E-state index is 0.0774. The van der Waals surface area contributed by atoms with E-state index in [0.29, 0.717) is 18.2 Å². The van der Waals surface area contributed by atoms with Gasteiger partial charge in [0.2, 0.25) is 0 Å². The van der Waals surface area contributed by atoms with E-state index in [-0.39, 0.29) is 18.0 Å². The second-order valence-electron chi connectivity index (χ2n) is 4.76. The number of ether oxygens (including phenoxy) is 1. The first-order valence-electron chi connectivity index (χ1n) is 6.14. The lowest BCUT2D eigenvalue weighted by Crippen LogP contribution is -2.30. The fraction of sp³-hybridized carbons (Fsp3) is 0.571. The van der Waals surface area contributed by atoms with E-state index in [0.717, 1.165) is 0 Å². The lowest BCUT2D eigenvalue weighted by molar-refractivity contribution is 0.00431. The van der Waals surface area contributed by atoms with Crippen molar-refractivity contribution in [3.8, 4) is 0 Å². The molecule has 1 N–H and O–H groups in total. The molecule has 1 aromatic rings. The molecule has 0 saturated heterocycles. The Morgan fingerprint density at radius 1 is 1.18 bits per heavy atom. The van der Waals surface area contributed by atoms with Crippen molar-refractivity contribution >= 4 is 0 Å². The number of halogens is 1. The summed E-state index contributed by atoms with van der Waals surface area (Å²) < 4.78 is 19.5. The van der Waals surface area contributed by atoms with Crippen LogP contribution in [0.4, 0.5) is 4.39 Å². The zero-order valence-electron chi connectivity index (χ0n) is 11.0. The molecule has 3 heteroatoms. The first kappa shape index (κ1) is 14.1. The van der Waals surface area contributed by atoms with E-state index in [1.165, 1.54) is 6.07 Å². The lowest BCUT2D eigenvalue weighted by Gasteiger charge is -2.23. The number of hydrogen-bond donors (Lipinski definition) is 1. The summed E-state index contributed by atoms with van der Waals surface area (Å²) in [6, 6.07) is 7.15. The van der Waals surface area contributed by atoms with Gasteiger partial charge in [-0.15, -0.1) is 0 Å². The van der Waals surface area contributed by atoms with Gasteiger partial charge in [-0.1, -0.05) is 32.0 Å². The van der Waals surface area contributed by atoms with Crippen LogP contribution in [-0.4, -0.2) is 18.7 Å². The number of nitrogens with one attached hydrogen (secondary N) is 1. The molecule has 1 unspecified atom stereocenters. The third-order valence-electron chi connectivity index (χ3n) is 2.40. The maximum atomic E-state index is 13.7. The van der Waals surface area contributed by atoms with Crippen molar-refractivity contribution in [2.45, 2.75) is 45.9 Å². The molecule has 0 bridgehead atoms. The van der Waals surface area contributed by atoms with E-state index in [9.17, 15) is 4.39 Å². The summed E-state index contributed by atoms with van der Waals surface area (Å²) in [5, 5.41) is 3.28. The molecule has 0 radical (unpaired) electrons. The summed E-state index contributed by atoms with van der Waals surface area (Å²) in [7, 11) is 0. The van der Waals surface area contributed by atoms with E-state index in [2.05, 4.69) is 19.2 Å². The fourth-order valence-electron chi connectivity index (χ4n) is 1.64. The predicted octanol–water partition coefficient (Wildman–Crippen LogP) is 3.29. The molecular formula is C14H22FNO. The van der Waals surface area contributed by atoms with Crippen LogP contribution in [0, 0.1) is 5.82 Å². The standard InChI is InChI=1S/C14H22FNO/c1-10(2)16-9-14(17-11(3)4)12-7-5-6-8-13(12)15/h5-8,10-11,14,16H,9H2,1-4H3. The highest BCUT2D eigenvalue weighted by Crippen LogP contribution is 2.21. The largest absolute Gasteiger partial charge is 0.369 e. The van der Waals surface area contributed by atoms with Crippen LogP contribution in [0.5, 0.6) is 0 Å². The van der Waals surface area contributed by atoms with Crippen molar-refractivity contribution in [1.82, 2.24) is 5.32 Å². The van der Waals surface area contributed by atoms with Gasteiger partial charge in [-0.3, -0.25) is 0 Å². The average Bonchev–Trinajstić information content (AvgIpc) is 2.24. The second-order valence-corrected chi connectivity index (χ2v) is 4.76. The van der Waals surface area contributed by atoms with Crippen molar-refractivity contribution in [3.05, 3.63) is 35.6 Å². The van der Waals surface area contributed by atoms with Gasteiger partial charge >= 0.3 is 0 Å². The highest BCUT2D eigenvalue weighted by molar-refractivity contribution is 5.20. The molecule has 0 heterocycles. The van der Waals surface area contributed by atoms with Gasteiger partial charge in [0.15, 0.2) is 0 Å². The van der Waals surface area contributed by atoms with Gasteiger partial charge in [0.05, 0.1) is 12.2 Å². The van der Waals surface area contributed by atoms with Crippen LogP contribution >= 0.6 is 0 Å². The zero-order chi connectivity index (χ0) is 12.8. The Bertz CT molecular complexity index is 339. The highest BCUT2D eigenvalue weighted by atomic mass is 19.1. The number of hydrogen-bond acceptors (Lipinski definition) is 2. The topological polar surface area (TPSA) is 21.3 Å². The Morgan fingerprint density at radius 2 is 1.82 bits per heavy atom. The summed E-state index contributed by atoms with van der Waals surface area (Å²) in [6.07, 6.45) is -0.160. The Hall–Kier alpha value is -0.930. The number of rotatable bonds is 6. The molecule has 0 amide bonds. The monoisotopic (exact) mass is 239 g/mol. The van der Waals surface area contributed by atoms with E-state index in [1.54, 1.807) is 12.1 Å². The molecule has 0 fully saturated rings. The van der Waals surface area contributed by atoms with Gasteiger partial charge < -0.3 is 10.1 Å². The maximum Gasteiger partial charge on any atom is 0.129 e. The Labute approximate surface area is 103 Å². The molecule has 0 aliphatic carbocycles. The van der Waals surface area contributed by atoms with Gasteiger partial charge in [0.1, 0.15) is 5.82 Å². The van der Waals surface area contributed by atoms with Crippen LogP contribution in [-0.2, 0) is 4.74 Å². The molecule has 2 nitrogen and oxygen atoms in total. The van der Waals surface area contributed by atoms with Gasteiger partial charge in [-0.25, -0.2) is 4.39 Å². The third kappa shape index (κ3) is 4.84. The Kier molecular flexibility index (Phi) is 5.59. The molecule has 1 aromatic carbocycles. The second kappa shape index (κ2) is 6.72. The molecule has 0 aromatic heterocycles. The average molecular weight is 239 g/mol. The first-order chi connectivity index (χ1) is 8.00. The van der Waals surface area contributed by atoms with E-state index in [1.807, 2.05) is 19.9 Å². The molecule has 0 aliphatic heterocycles. The summed E-state index contributed by atoms with van der Waals surface area (Å²) in [5.41, 5.74) is 0.620. The molecular weight excluding hydrogens is 217 g/mol. The van der Waals surface area contributed by atoms with Gasteiger partial charge in [-0.05, 0) is 19.9 Å². The smallest absolute Gasteiger partial charge is 0.129 e. The van der Waals surface area contributed by atoms with Crippen molar-refractivity contribution in [2.24, 2.45) is 0 Å². The normalized spacial score (nSPS) is 13.4. The molecule has 1 atom stereocenters. The van der Waals surface area contributed by atoms with Gasteiger partial charge in [0, 0.05) is 18.2 Å². The summed E-state index contributed by atoms with van der Waals surface area (Å²) in [5.74, 6) is -0.205. The quantitative estimate of drug-likeness (QED) is 0.822. The summed E-state index contributed by atoms with van der Waals surface area (Å²) >= 11 is 0. The van der Waals surface area contributed by atoms with E-state index < -0.39 is 0 Å². The maximum absolute atomic E-state index is 13.7. The van der Waals surface area contributed by atoms with Crippen molar-refractivity contribution in [2.75, 3.05) is 6.54 Å². The minimum atomic E-state index is -0.237. The van der Waals surface area contributed by atoms with E-state index >= 15 is 0 Å². The van der Waals surface area contributed by atoms with Crippen molar-refractivity contribution in [3.63, 3.8) is 0 Å². The van der Waals surface area contributed by atoms with Crippen LogP contribution in [0.15, 0.2) is 24.3 Å². The SMILES string of the molecule is CC(C)NCC(OC(C)C)c1ccccc1F. The molecule has 0 aliphatic rings. The van der Waals surface area contributed by atoms with Crippen molar-refractivity contribution < 1.29 is 9.13 Å². The Morgan fingerprint density at radius 3 is 2.35 bits per heavy atom. The molecule has 0 spiro atoms. The molecule has 17 heavy (non-hydrogen) atoms. The summed E-state index contributed by atoms with van der Waals surface area (Å²) in [6.45, 7) is 8.67. The van der Waals surface area contributed by atoms with Crippen LogP contribution in [0.2, 0.25) is 0 Å². The van der Waals surface area contributed by atoms with Gasteiger partial charge in [0.25, 0.3) is 0 Å². The summed E-state index contributed by atoms with van der Waals surface area (Å²) in [4.78, 5) is 0. The van der Waals surface area contributed by atoms with E-state index in [4.69, 9.17) is 4.74 Å². The minimum Gasteiger partial charge on any atom is -0.369 e. The number of benzene rings is 1. The van der Waals surface area contributed by atoms with Crippen LogP contribution in [0.25, 0.3) is 0 Å². The predicted molar refractivity (Wildman–Crippen MR) is 68.5 cm³/mol. The lowest BCUT2D eigenvalue weighted by atomic mass is 10.1. The van der Waals surface area contributed by atoms with Crippen LogP contribution in [0.1, 0.15) is 39.4 Å². The fourth-order valence-corrected chi connectivity index (χ4v) is 1.64. The van der Waals surface area contributed by atoms with Gasteiger partial charge in [-0.2, -0.15) is 0 Å². The zero-order valence-corrected chi connectivity index (χ0v) is 11.0. The van der Waals surface area contributed by atoms with Crippen LogP contribution in [0.3, 0.4) is 0 Å². The van der Waals surface area contributed by atoms with Crippen molar-refractivity contribution in [1.29, 1.82) is 0 Å². The Balaban J connectivity index is 2.78. The highest BCUT2D eigenvalue weighted by Gasteiger charge is 2.17. The molecule has 1 rings (SSSR count). The molecule has 0 saturated carbocycles. The third-order valence-corrected chi connectivity index (χ3v) is 2.40. The first-order valence-corrected chi connectivity index (χ1v) is 6.14.